The molecule has 0 aliphatic heterocycles. The standard InChI is InChI=1S/C18H14Cl2O3S/c19-16-6-1-14(2-7-16)5-10-18(21)13-24(22,23)12-11-15-3-8-17(20)9-4-15/h1-12H,13H2/b10-5+,12-11-. The van der Waals surface area contributed by atoms with Crippen LogP contribution in [0, 0.1) is 0 Å². The molecule has 0 heterocycles. The third kappa shape index (κ3) is 6.32. The number of carbonyl (C=O) groups is 1. The molecule has 2 rings (SSSR count). The minimum absolute atomic E-state index is 0.495. The molecule has 3 nitrogen and oxygen atoms in total. The first-order chi connectivity index (χ1) is 11.3. The van der Waals surface area contributed by atoms with Gasteiger partial charge < -0.3 is 0 Å². The third-order valence-electron chi connectivity index (χ3n) is 3.01. The van der Waals surface area contributed by atoms with Crippen molar-refractivity contribution in [1.82, 2.24) is 0 Å². The topological polar surface area (TPSA) is 51.2 Å². The number of allylic oxidation sites excluding steroid dienone is 1. The average Bonchev–Trinajstić information content (AvgIpc) is 2.53. The van der Waals surface area contributed by atoms with Crippen LogP contribution in [-0.2, 0) is 14.6 Å². The molecule has 6 heteroatoms. The molecule has 2 aromatic rings. The summed E-state index contributed by atoms with van der Waals surface area (Å²) in [6, 6.07) is 13.6. The average molecular weight is 381 g/mol. The number of rotatable bonds is 6. The maximum absolute atomic E-state index is 12.0. The fourth-order valence-corrected chi connectivity index (χ4v) is 3.02. The summed E-state index contributed by atoms with van der Waals surface area (Å²) in [5, 5.41) is 2.19. The van der Waals surface area contributed by atoms with E-state index in [0.29, 0.717) is 15.6 Å². The van der Waals surface area contributed by atoms with E-state index in [9.17, 15) is 13.2 Å². The molecule has 0 amide bonds. The molecule has 0 radical (unpaired) electrons. The summed E-state index contributed by atoms with van der Waals surface area (Å²) in [4.78, 5) is 11.8. The summed E-state index contributed by atoms with van der Waals surface area (Å²) < 4.78 is 23.9. The van der Waals surface area contributed by atoms with Gasteiger partial charge in [-0.1, -0.05) is 53.5 Å². The Hall–Kier alpha value is -1.88. The van der Waals surface area contributed by atoms with Crippen LogP contribution >= 0.6 is 23.2 Å². The van der Waals surface area contributed by atoms with Gasteiger partial charge in [0.1, 0.15) is 5.75 Å². The van der Waals surface area contributed by atoms with Gasteiger partial charge in [-0.2, -0.15) is 0 Å². The van der Waals surface area contributed by atoms with Crippen LogP contribution in [0.5, 0.6) is 0 Å². The van der Waals surface area contributed by atoms with Crippen LogP contribution < -0.4 is 0 Å². The van der Waals surface area contributed by atoms with E-state index >= 15 is 0 Å². The Bertz CT molecular complexity index is 865. The van der Waals surface area contributed by atoms with Crippen LogP contribution in [0.3, 0.4) is 0 Å². The second kappa shape index (κ2) is 8.29. The second-order valence-corrected chi connectivity index (χ2v) is 7.77. The van der Waals surface area contributed by atoms with E-state index in [1.807, 2.05) is 0 Å². The molecule has 0 aromatic heterocycles. The number of hydrogen-bond donors (Lipinski definition) is 0. The molecule has 0 aliphatic rings. The first-order valence-electron chi connectivity index (χ1n) is 6.97. The zero-order valence-electron chi connectivity index (χ0n) is 12.5. The summed E-state index contributed by atoms with van der Waals surface area (Å²) in [5.41, 5.74) is 1.45. The van der Waals surface area contributed by atoms with Gasteiger partial charge in [-0.3, -0.25) is 4.79 Å². The van der Waals surface area contributed by atoms with Crippen molar-refractivity contribution >= 4 is 51.0 Å². The molecule has 24 heavy (non-hydrogen) atoms. The summed E-state index contributed by atoms with van der Waals surface area (Å²) in [6.07, 6.45) is 4.23. The largest absolute Gasteiger partial charge is 0.294 e. The van der Waals surface area contributed by atoms with Gasteiger partial charge in [-0.15, -0.1) is 0 Å². The van der Waals surface area contributed by atoms with Crippen LogP contribution in [-0.4, -0.2) is 20.0 Å². The van der Waals surface area contributed by atoms with Crippen LogP contribution in [0.25, 0.3) is 12.2 Å². The molecule has 2 aromatic carbocycles. The smallest absolute Gasteiger partial charge is 0.179 e. The fraction of sp³-hybridized carbons (Fsp3) is 0.0556. The number of hydrogen-bond acceptors (Lipinski definition) is 3. The van der Waals surface area contributed by atoms with E-state index in [0.717, 1.165) is 11.0 Å². The van der Waals surface area contributed by atoms with E-state index < -0.39 is 21.4 Å². The SMILES string of the molecule is O=C(/C=C/c1ccc(Cl)cc1)CS(=O)(=O)/C=C\c1ccc(Cl)cc1. The molecule has 0 unspecified atom stereocenters. The number of halogens is 2. The van der Waals surface area contributed by atoms with Crippen LogP contribution in [0.15, 0.2) is 60.0 Å². The Labute approximate surface area is 151 Å². The number of carbonyl (C=O) groups excluding carboxylic acids is 1. The molecule has 0 bridgehead atoms. The molecular weight excluding hydrogens is 367 g/mol. The quantitative estimate of drug-likeness (QED) is 0.684. The fourth-order valence-electron chi connectivity index (χ4n) is 1.81. The summed E-state index contributed by atoms with van der Waals surface area (Å²) in [5.74, 6) is -1.08. The lowest BCUT2D eigenvalue weighted by atomic mass is 10.2. The number of ketones is 1. The molecule has 0 aliphatic carbocycles. The van der Waals surface area contributed by atoms with Crippen molar-refractivity contribution in [2.24, 2.45) is 0 Å². The van der Waals surface area contributed by atoms with Gasteiger partial charge in [0.05, 0.1) is 0 Å². The van der Waals surface area contributed by atoms with Crippen molar-refractivity contribution in [2.45, 2.75) is 0 Å². The summed E-state index contributed by atoms with van der Waals surface area (Å²) >= 11 is 11.5. The monoisotopic (exact) mass is 380 g/mol. The Morgan fingerprint density at radius 2 is 1.29 bits per heavy atom. The Kier molecular flexibility index (Phi) is 6.37. The highest BCUT2D eigenvalue weighted by Gasteiger charge is 2.11. The number of benzene rings is 2. The number of sulfone groups is 1. The normalized spacial score (nSPS) is 12.1. The van der Waals surface area contributed by atoms with Gasteiger partial charge in [0.15, 0.2) is 15.6 Å². The maximum Gasteiger partial charge on any atom is 0.179 e. The Morgan fingerprint density at radius 1 is 0.833 bits per heavy atom. The first-order valence-corrected chi connectivity index (χ1v) is 9.44. The van der Waals surface area contributed by atoms with Gasteiger partial charge in [0.25, 0.3) is 0 Å². The highest BCUT2D eigenvalue weighted by molar-refractivity contribution is 7.95. The predicted octanol–water partition coefficient (Wildman–Crippen LogP) is 4.66. The van der Waals surface area contributed by atoms with Crippen molar-refractivity contribution in [3.05, 3.63) is 81.2 Å². The van der Waals surface area contributed by atoms with Crippen molar-refractivity contribution in [1.29, 1.82) is 0 Å². The highest BCUT2D eigenvalue weighted by atomic mass is 35.5. The van der Waals surface area contributed by atoms with Crippen LogP contribution in [0.1, 0.15) is 11.1 Å². The molecular formula is C18H14Cl2O3S. The molecule has 124 valence electrons. The predicted molar refractivity (Wildman–Crippen MR) is 99.8 cm³/mol. The van der Waals surface area contributed by atoms with Crippen molar-refractivity contribution in [3.63, 3.8) is 0 Å². The molecule has 0 N–H and O–H groups in total. The van der Waals surface area contributed by atoms with Gasteiger partial charge in [-0.05, 0) is 47.5 Å². The van der Waals surface area contributed by atoms with Crippen LogP contribution in [0.4, 0.5) is 0 Å². The lowest BCUT2D eigenvalue weighted by Gasteiger charge is -1.97. The highest BCUT2D eigenvalue weighted by Crippen LogP contribution is 2.12. The summed E-state index contributed by atoms with van der Waals surface area (Å²) in [6.45, 7) is 0. The van der Waals surface area contributed by atoms with E-state index in [4.69, 9.17) is 23.2 Å². The zero-order chi connectivity index (χ0) is 17.6. The van der Waals surface area contributed by atoms with E-state index in [2.05, 4.69) is 0 Å². The molecule has 0 saturated heterocycles. The molecule has 0 saturated carbocycles. The van der Waals surface area contributed by atoms with Gasteiger partial charge >= 0.3 is 0 Å². The lowest BCUT2D eigenvalue weighted by Crippen LogP contribution is -2.11. The van der Waals surface area contributed by atoms with Crippen molar-refractivity contribution in [2.75, 3.05) is 5.75 Å². The molecule has 0 fully saturated rings. The van der Waals surface area contributed by atoms with Gasteiger partial charge in [-0.25, -0.2) is 8.42 Å². The third-order valence-corrected chi connectivity index (χ3v) is 4.75. The van der Waals surface area contributed by atoms with Gasteiger partial charge in [0, 0.05) is 15.5 Å². The second-order valence-electron chi connectivity index (χ2n) is 5.01. The first kappa shape index (κ1) is 18.5. The van der Waals surface area contributed by atoms with E-state index in [-0.39, 0.29) is 0 Å². The minimum Gasteiger partial charge on any atom is -0.294 e. The Balaban J connectivity index is 1.98. The van der Waals surface area contributed by atoms with E-state index in [1.165, 1.54) is 12.2 Å². The van der Waals surface area contributed by atoms with Gasteiger partial charge in [0.2, 0.25) is 0 Å². The summed E-state index contributed by atoms with van der Waals surface area (Å²) in [7, 11) is -3.64. The maximum atomic E-state index is 12.0. The molecule has 0 atom stereocenters. The van der Waals surface area contributed by atoms with E-state index in [1.54, 1.807) is 54.6 Å². The zero-order valence-corrected chi connectivity index (χ0v) is 14.9. The minimum atomic E-state index is -3.64. The lowest BCUT2D eigenvalue weighted by molar-refractivity contribution is -0.112. The molecule has 0 spiro atoms. The van der Waals surface area contributed by atoms with Crippen molar-refractivity contribution in [3.8, 4) is 0 Å². The van der Waals surface area contributed by atoms with Crippen LogP contribution in [0.2, 0.25) is 10.0 Å². The Morgan fingerprint density at radius 3 is 1.79 bits per heavy atom. The van der Waals surface area contributed by atoms with Crippen molar-refractivity contribution < 1.29 is 13.2 Å².